The second-order valence-electron chi connectivity index (χ2n) is 6.90. The first-order valence-corrected chi connectivity index (χ1v) is 9.17. The number of carbonyl (C=O) groups excluding carboxylic acids is 2. The quantitative estimate of drug-likeness (QED) is 0.695. The van der Waals surface area contributed by atoms with Crippen LogP contribution >= 0.6 is 0 Å². The highest BCUT2D eigenvalue weighted by Gasteiger charge is 2.21. The average molecular weight is 363 g/mol. The van der Waals surface area contributed by atoms with Gasteiger partial charge in [0.1, 0.15) is 5.58 Å². The molecule has 1 amide bonds. The number of hydrogen-bond donors (Lipinski definition) is 1. The Morgan fingerprint density at radius 2 is 1.89 bits per heavy atom. The smallest absolute Gasteiger partial charge is 0.311 e. The zero-order valence-electron chi connectivity index (χ0n) is 15.2. The molecule has 27 heavy (non-hydrogen) atoms. The third kappa shape index (κ3) is 3.72. The summed E-state index contributed by atoms with van der Waals surface area (Å²) in [5.41, 5.74) is 4.92. The van der Waals surface area contributed by atoms with Crippen LogP contribution in [0.15, 0.2) is 53.1 Å². The Balaban J connectivity index is 1.40. The van der Waals surface area contributed by atoms with Crippen LogP contribution in [0.3, 0.4) is 0 Å². The summed E-state index contributed by atoms with van der Waals surface area (Å²) in [4.78, 5) is 24.5. The standard InChI is InChI=1S/C22H21NO4/c1-14(22(25)23-18-8-3-2-4-9-18)27-21(24)12-17-13-26-20-11-16-7-5-6-15(16)10-19(17)20/h2-4,8-11,13-14H,5-7,12H2,1H3,(H,23,25). The molecule has 2 aromatic carbocycles. The fourth-order valence-electron chi connectivity index (χ4n) is 3.50. The van der Waals surface area contributed by atoms with E-state index in [0.29, 0.717) is 5.69 Å². The Labute approximate surface area is 157 Å². The molecule has 5 nitrogen and oxygen atoms in total. The fraction of sp³-hybridized carbons (Fsp3) is 0.273. The Kier molecular flexibility index (Phi) is 4.67. The van der Waals surface area contributed by atoms with Gasteiger partial charge in [-0.25, -0.2) is 0 Å². The molecule has 0 aliphatic heterocycles. The van der Waals surface area contributed by atoms with Crippen molar-refractivity contribution in [3.63, 3.8) is 0 Å². The number of para-hydroxylation sites is 1. The first-order chi connectivity index (χ1) is 13.1. The monoisotopic (exact) mass is 363 g/mol. The summed E-state index contributed by atoms with van der Waals surface area (Å²) in [6.45, 7) is 1.57. The predicted molar refractivity (Wildman–Crippen MR) is 103 cm³/mol. The number of fused-ring (bicyclic) bond motifs is 2. The maximum Gasteiger partial charge on any atom is 0.311 e. The third-order valence-electron chi connectivity index (χ3n) is 4.92. The summed E-state index contributed by atoms with van der Waals surface area (Å²) in [5, 5.41) is 3.68. The molecule has 5 heteroatoms. The van der Waals surface area contributed by atoms with Gasteiger partial charge in [-0.2, -0.15) is 0 Å². The molecular weight excluding hydrogens is 342 g/mol. The van der Waals surface area contributed by atoms with Gasteiger partial charge in [-0.05, 0) is 61.6 Å². The van der Waals surface area contributed by atoms with Crippen molar-refractivity contribution in [2.45, 2.75) is 38.7 Å². The molecule has 3 aromatic rings. The van der Waals surface area contributed by atoms with E-state index < -0.39 is 12.1 Å². The lowest BCUT2D eigenvalue weighted by atomic mass is 10.0. The van der Waals surface area contributed by atoms with Crippen LogP contribution in [-0.2, 0) is 33.6 Å². The second kappa shape index (κ2) is 7.27. The lowest BCUT2D eigenvalue weighted by Crippen LogP contribution is -2.30. The highest BCUT2D eigenvalue weighted by atomic mass is 16.5. The Bertz CT molecular complexity index is 990. The summed E-state index contributed by atoms with van der Waals surface area (Å²) in [6, 6.07) is 13.3. The number of carbonyl (C=O) groups is 2. The zero-order valence-corrected chi connectivity index (χ0v) is 15.2. The summed E-state index contributed by atoms with van der Waals surface area (Å²) in [6.07, 6.45) is 4.12. The van der Waals surface area contributed by atoms with E-state index in [1.54, 1.807) is 25.3 Å². The van der Waals surface area contributed by atoms with Gasteiger partial charge in [0.2, 0.25) is 0 Å². The van der Waals surface area contributed by atoms with Crippen molar-refractivity contribution < 1.29 is 18.7 Å². The number of benzene rings is 2. The maximum atomic E-state index is 12.3. The molecule has 4 rings (SSSR count). The molecule has 1 heterocycles. The van der Waals surface area contributed by atoms with Crippen LogP contribution in [-0.4, -0.2) is 18.0 Å². The molecule has 1 aliphatic carbocycles. The van der Waals surface area contributed by atoms with Crippen LogP contribution < -0.4 is 5.32 Å². The van der Waals surface area contributed by atoms with E-state index in [0.717, 1.165) is 35.8 Å². The number of nitrogens with one attached hydrogen (secondary N) is 1. The molecule has 0 bridgehead atoms. The van der Waals surface area contributed by atoms with E-state index in [1.165, 1.54) is 11.1 Å². The van der Waals surface area contributed by atoms with Gasteiger partial charge in [0.15, 0.2) is 6.10 Å². The number of furan rings is 1. The van der Waals surface area contributed by atoms with Crippen molar-refractivity contribution in [2.24, 2.45) is 0 Å². The number of ether oxygens (including phenoxy) is 1. The van der Waals surface area contributed by atoms with Crippen molar-refractivity contribution in [3.8, 4) is 0 Å². The molecule has 1 unspecified atom stereocenters. The van der Waals surface area contributed by atoms with Gasteiger partial charge in [0.05, 0.1) is 12.7 Å². The summed E-state index contributed by atoms with van der Waals surface area (Å²) >= 11 is 0. The average Bonchev–Trinajstić information content (AvgIpc) is 3.27. The number of hydrogen-bond acceptors (Lipinski definition) is 4. The van der Waals surface area contributed by atoms with E-state index in [9.17, 15) is 9.59 Å². The minimum Gasteiger partial charge on any atom is -0.464 e. The molecule has 1 N–H and O–H groups in total. The van der Waals surface area contributed by atoms with E-state index in [-0.39, 0.29) is 12.3 Å². The molecule has 0 saturated heterocycles. The minimum atomic E-state index is -0.875. The van der Waals surface area contributed by atoms with Crippen LogP contribution in [0.1, 0.15) is 30.0 Å². The van der Waals surface area contributed by atoms with Crippen LogP contribution in [0.2, 0.25) is 0 Å². The molecule has 1 aromatic heterocycles. The van der Waals surface area contributed by atoms with E-state index in [2.05, 4.69) is 17.4 Å². The van der Waals surface area contributed by atoms with Gasteiger partial charge in [-0.3, -0.25) is 9.59 Å². The number of anilines is 1. The lowest BCUT2D eigenvalue weighted by Gasteiger charge is -2.13. The largest absolute Gasteiger partial charge is 0.464 e. The molecule has 1 aliphatic rings. The van der Waals surface area contributed by atoms with Crippen molar-refractivity contribution >= 4 is 28.5 Å². The predicted octanol–water partition coefficient (Wildman–Crippen LogP) is 4.03. The van der Waals surface area contributed by atoms with Crippen molar-refractivity contribution in [1.82, 2.24) is 0 Å². The van der Waals surface area contributed by atoms with Crippen LogP contribution in [0.25, 0.3) is 11.0 Å². The fourth-order valence-corrected chi connectivity index (χ4v) is 3.50. The molecule has 1 atom stereocenters. The number of rotatable bonds is 5. The first-order valence-electron chi connectivity index (χ1n) is 9.17. The Hall–Kier alpha value is -3.08. The SMILES string of the molecule is CC(OC(=O)Cc1coc2cc3c(cc12)CCC3)C(=O)Nc1ccccc1. The zero-order chi connectivity index (χ0) is 18.8. The van der Waals surface area contributed by atoms with E-state index in [1.807, 2.05) is 18.2 Å². The van der Waals surface area contributed by atoms with Crippen molar-refractivity contribution in [3.05, 3.63) is 65.4 Å². The molecule has 0 saturated carbocycles. The van der Waals surface area contributed by atoms with Crippen LogP contribution in [0, 0.1) is 0 Å². The molecule has 0 radical (unpaired) electrons. The lowest BCUT2D eigenvalue weighted by molar-refractivity contribution is -0.152. The Morgan fingerprint density at radius 1 is 1.15 bits per heavy atom. The molecule has 0 spiro atoms. The van der Waals surface area contributed by atoms with Crippen molar-refractivity contribution in [2.75, 3.05) is 5.32 Å². The van der Waals surface area contributed by atoms with Gasteiger partial charge >= 0.3 is 5.97 Å². The van der Waals surface area contributed by atoms with Gasteiger partial charge in [0.25, 0.3) is 5.91 Å². The van der Waals surface area contributed by atoms with Gasteiger partial charge in [-0.1, -0.05) is 18.2 Å². The van der Waals surface area contributed by atoms with Crippen LogP contribution in [0.4, 0.5) is 5.69 Å². The second-order valence-corrected chi connectivity index (χ2v) is 6.90. The van der Waals surface area contributed by atoms with E-state index >= 15 is 0 Å². The molecule has 0 fully saturated rings. The normalized spacial score (nSPS) is 14.0. The summed E-state index contributed by atoms with van der Waals surface area (Å²) in [7, 11) is 0. The van der Waals surface area contributed by atoms with E-state index in [4.69, 9.17) is 9.15 Å². The summed E-state index contributed by atoms with van der Waals surface area (Å²) in [5.74, 6) is -0.807. The van der Waals surface area contributed by atoms with Gasteiger partial charge in [-0.15, -0.1) is 0 Å². The molecular formula is C22H21NO4. The van der Waals surface area contributed by atoms with Gasteiger partial charge in [0, 0.05) is 16.6 Å². The number of esters is 1. The minimum absolute atomic E-state index is 0.0781. The first kappa shape index (κ1) is 17.3. The van der Waals surface area contributed by atoms with Crippen LogP contribution in [0.5, 0.6) is 0 Å². The maximum absolute atomic E-state index is 12.3. The highest BCUT2D eigenvalue weighted by Crippen LogP contribution is 2.30. The molecule has 138 valence electrons. The third-order valence-corrected chi connectivity index (χ3v) is 4.92. The highest BCUT2D eigenvalue weighted by molar-refractivity contribution is 5.95. The topological polar surface area (TPSA) is 68.5 Å². The number of amides is 1. The van der Waals surface area contributed by atoms with Crippen molar-refractivity contribution in [1.29, 1.82) is 0 Å². The summed E-state index contributed by atoms with van der Waals surface area (Å²) < 4.78 is 10.9. The Morgan fingerprint density at radius 3 is 2.67 bits per heavy atom. The van der Waals surface area contributed by atoms with Gasteiger partial charge < -0.3 is 14.5 Å². The number of aryl methyl sites for hydroxylation is 2.